The molecule has 0 fully saturated rings. The molecule has 0 saturated heterocycles. The van der Waals surface area contributed by atoms with E-state index in [1.54, 1.807) is 12.1 Å². The molecule has 3 aromatic rings. The summed E-state index contributed by atoms with van der Waals surface area (Å²) >= 11 is 0. The largest absolute Gasteiger partial charge is 0.457 e. The first-order chi connectivity index (χ1) is 11.9. The summed E-state index contributed by atoms with van der Waals surface area (Å²) in [5.74, 6) is -0.584. The van der Waals surface area contributed by atoms with Gasteiger partial charge in [0.25, 0.3) is 0 Å². The van der Waals surface area contributed by atoms with Crippen LogP contribution in [0.25, 0.3) is 10.8 Å². The van der Waals surface area contributed by atoms with Crippen LogP contribution in [0.2, 0.25) is 0 Å². The van der Waals surface area contributed by atoms with Crippen molar-refractivity contribution in [1.82, 2.24) is 0 Å². The molecule has 3 aromatic carbocycles. The van der Waals surface area contributed by atoms with Gasteiger partial charge in [-0.1, -0.05) is 54.6 Å². The Kier molecular flexibility index (Phi) is 4.72. The second-order valence-corrected chi connectivity index (χ2v) is 7.38. The minimum Gasteiger partial charge on any atom is -0.457 e. The highest BCUT2D eigenvalue weighted by molar-refractivity contribution is 7.92. The highest BCUT2D eigenvalue weighted by Crippen LogP contribution is 2.21. The lowest BCUT2D eigenvalue weighted by Gasteiger charge is -2.11. The van der Waals surface area contributed by atoms with E-state index in [4.69, 9.17) is 4.74 Å². The van der Waals surface area contributed by atoms with Crippen LogP contribution in [0, 0.1) is 0 Å². The van der Waals surface area contributed by atoms with Gasteiger partial charge in [-0.05, 0) is 28.5 Å². The fourth-order valence-electron chi connectivity index (χ4n) is 2.59. The zero-order chi connectivity index (χ0) is 17.9. The number of nitrogens with one attached hydrogen (secondary N) is 1. The van der Waals surface area contributed by atoms with E-state index in [2.05, 4.69) is 4.72 Å². The maximum absolute atomic E-state index is 12.4. The molecule has 128 valence electrons. The van der Waals surface area contributed by atoms with E-state index in [0.717, 1.165) is 22.6 Å². The quantitative estimate of drug-likeness (QED) is 0.710. The fourth-order valence-corrected chi connectivity index (χ4v) is 3.17. The molecule has 1 N–H and O–H groups in total. The number of hydrogen-bond acceptors (Lipinski definition) is 4. The van der Waals surface area contributed by atoms with Crippen molar-refractivity contribution >= 4 is 32.5 Å². The molecule has 0 aliphatic rings. The van der Waals surface area contributed by atoms with E-state index in [1.807, 2.05) is 42.5 Å². The van der Waals surface area contributed by atoms with Gasteiger partial charge in [-0.2, -0.15) is 0 Å². The van der Waals surface area contributed by atoms with Crippen LogP contribution in [-0.2, 0) is 21.4 Å². The van der Waals surface area contributed by atoms with E-state index in [0.29, 0.717) is 0 Å². The lowest BCUT2D eigenvalue weighted by Crippen LogP contribution is -2.14. The molecule has 0 bridgehead atoms. The number of hydrogen-bond donors (Lipinski definition) is 1. The maximum Gasteiger partial charge on any atom is 0.340 e. The topological polar surface area (TPSA) is 72.5 Å². The molecule has 0 saturated carbocycles. The molecule has 0 amide bonds. The number of benzene rings is 3. The molecule has 0 unspecified atom stereocenters. The Bertz CT molecular complexity index is 1020. The van der Waals surface area contributed by atoms with Crippen LogP contribution < -0.4 is 4.72 Å². The zero-order valence-electron chi connectivity index (χ0n) is 13.6. The minimum atomic E-state index is -3.49. The number of carbonyl (C=O) groups is 1. The Balaban J connectivity index is 1.81. The number of ether oxygens (including phenoxy) is 1. The van der Waals surface area contributed by atoms with Crippen molar-refractivity contribution in [1.29, 1.82) is 0 Å². The normalized spacial score (nSPS) is 11.2. The number of fused-ring (bicyclic) bond motifs is 1. The van der Waals surface area contributed by atoms with Crippen LogP contribution in [-0.4, -0.2) is 20.6 Å². The molecule has 0 spiro atoms. The third-order valence-electron chi connectivity index (χ3n) is 3.68. The Morgan fingerprint density at radius 2 is 1.64 bits per heavy atom. The van der Waals surface area contributed by atoms with Crippen molar-refractivity contribution in [2.24, 2.45) is 0 Å². The van der Waals surface area contributed by atoms with E-state index in [1.165, 1.54) is 12.1 Å². The van der Waals surface area contributed by atoms with Gasteiger partial charge in [-0.15, -0.1) is 0 Å². The average molecular weight is 355 g/mol. The van der Waals surface area contributed by atoms with Crippen molar-refractivity contribution < 1.29 is 17.9 Å². The zero-order valence-corrected chi connectivity index (χ0v) is 14.4. The fraction of sp³-hybridized carbons (Fsp3) is 0.105. The summed E-state index contributed by atoms with van der Waals surface area (Å²) in [6.45, 7) is 0.105. The first-order valence-corrected chi connectivity index (χ1v) is 9.54. The highest BCUT2D eigenvalue weighted by Gasteiger charge is 2.15. The van der Waals surface area contributed by atoms with Gasteiger partial charge in [0.15, 0.2) is 0 Å². The number of anilines is 1. The third kappa shape index (κ3) is 4.16. The van der Waals surface area contributed by atoms with Crippen LogP contribution >= 0.6 is 0 Å². The highest BCUT2D eigenvalue weighted by atomic mass is 32.2. The van der Waals surface area contributed by atoms with Crippen LogP contribution in [0.3, 0.4) is 0 Å². The van der Waals surface area contributed by atoms with Gasteiger partial charge in [0.2, 0.25) is 10.0 Å². The van der Waals surface area contributed by atoms with Gasteiger partial charge < -0.3 is 4.74 Å². The molecule has 0 radical (unpaired) electrons. The standard InChI is InChI=1S/C19H17NO4S/c1-25(22,23)20-18-12-5-4-11-17(18)19(21)24-13-15-9-6-8-14-7-2-3-10-16(14)15/h2-12,20H,13H2,1H3. The van der Waals surface area contributed by atoms with Crippen molar-refractivity contribution in [3.63, 3.8) is 0 Å². The second-order valence-electron chi connectivity index (χ2n) is 5.63. The average Bonchev–Trinajstić information content (AvgIpc) is 2.58. The van der Waals surface area contributed by atoms with Crippen molar-refractivity contribution in [2.45, 2.75) is 6.61 Å². The third-order valence-corrected chi connectivity index (χ3v) is 4.27. The number of carbonyl (C=O) groups excluding carboxylic acids is 1. The van der Waals surface area contributed by atoms with Crippen LogP contribution in [0.5, 0.6) is 0 Å². The molecule has 0 aliphatic carbocycles. The Morgan fingerprint density at radius 3 is 2.44 bits per heavy atom. The van der Waals surface area contributed by atoms with Gasteiger partial charge >= 0.3 is 5.97 Å². The number of rotatable bonds is 5. The number of sulfonamides is 1. The molecule has 0 heterocycles. The summed E-state index contributed by atoms with van der Waals surface area (Å²) in [5.41, 5.74) is 1.26. The lowest BCUT2D eigenvalue weighted by molar-refractivity contribution is 0.0475. The SMILES string of the molecule is CS(=O)(=O)Nc1ccccc1C(=O)OCc1cccc2ccccc12. The van der Waals surface area contributed by atoms with E-state index in [9.17, 15) is 13.2 Å². The monoisotopic (exact) mass is 355 g/mol. The van der Waals surface area contributed by atoms with Crippen molar-refractivity contribution in [2.75, 3.05) is 11.0 Å². The van der Waals surface area contributed by atoms with Gasteiger partial charge in [-0.25, -0.2) is 13.2 Å². The summed E-state index contributed by atoms with van der Waals surface area (Å²) in [4.78, 5) is 12.4. The Morgan fingerprint density at radius 1 is 0.960 bits per heavy atom. The lowest BCUT2D eigenvalue weighted by atomic mass is 10.1. The van der Waals surface area contributed by atoms with E-state index in [-0.39, 0.29) is 17.9 Å². The van der Waals surface area contributed by atoms with Gasteiger partial charge in [0, 0.05) is 0 Å². The number of para-hydroxylation sites is 1. The minimum absolute atomic E-state index is 0.105. The van der Waals surface area contributed by atoms with E-state index >= 15 is 0 Å². The van der Waals surface area contributed by atoms with Crippen LogP contribution in [0.15, 0.2) is 66.7 Å². The molecule has 0 aromatic heterocycles. The molecular weight excluding hydrogens is 338 g/mol. The van der Waals surface area contributed by atoms with Crippen molar-refractivity contribution in [3.8, 4) is 0 Å². The molecule has 0 atom stereocenters. The first-order valence-electron chi connectivity index (χ1n) is 7.64. The maximum atomic E-state index is 12.4. The van der Waals surface area contributed by atoms with Crippen molar-refractivity contribution in [3.05, 3.63) is 77.9 Å². The van der Waals surface area contributed by atoms with Gasteiger partial charge in [0.05, 0.1) is 17.5 Å². The summed E-state index contributed by atoms with van der Waals surface area (Å²) in [5, 5.41) is 2.08. The van der Waals surface area contributed by atoms with Gasteiger partial charge in [0.1, 0.15) is 6.61 Å². The number of esters is 1. The summed E-state index contributed by atoms with van der Waals surface area (Å²) in [6, 6.07) is 20.0. The summed E-state index contributed by atoms with van der Waals surface area (Å²) < 4.78 is 30.6. The molecular formula is C19H17NO4S. The van der Waals surface area contributed by atoms with Crippen LogP contribution in [0.1, 0.15) is 15.9 Å². The Labute approximate surface area is 146 Å². The predicted molar refractivity (Wildman–Crippen MR) is 98.0 cm³/mol. The van der Waals surface area contributed by atoms with Crippen LogP contribution in [0.4, 0.5) is 5.69 Å². The van der Waals surface area contributed by atoms with Gasteiger partial charge in [-0.3, -0.25) is 4.72 Å². The molecule has 5 nitrogen and oxygen atoms in total. The molecule has 3 rings (SSSR count). The van der Waals surface area contributed by atoms with E-state index < -0.39 is 16.0 Å². The summed E-state index contributed by atoms with van der Waals surface area (Å²) in [6.07, 6.45) is 1.03. The second kappa shape index (κ2) is 6.94. The molecule has 25 heavy (non-hydrogen) atoms. The summed E-state index contributed by atoms with van der Waals surface area (Å²) in [7, 11) is -3.49. The predicted octanol–water partition coefficient (Wildman–Crippen LogP) is 3.57. The smallest absolute Gasteiger partial charge is 0.340 e. The Hall–Kier alpha value is -2.86. The molecule has 0 aliphatic heterocycles. The first kappa shape index (κ1) is 17.0. The molecule has 6 heteroatoms.